The van der Waals surface area contributed by atoms with Gasteiger partial charge >= 0.3 is 0 Å². The Morgan fingerprint density at radius 3 is 2.47 bits per heavy atom. The van der Waals surface area contributed by atoms with Crippen LogP contribution in [0.4, 0.5) is 5.69 Å². The second-order valence-electron chi connectivity index (χ2n) is 9.62. The van der Waals surface area contributed by atoms with Crippen LogP contribution in [0.3, 0.4) is 0 Å². The number of aromatic nitrogens is 1. The molecule has 1 aliphatic heterocycles. The van der Waals surface area contributed by atoms with Gasteiger partial charge in [0.05, 0.1) is 24.8 Å². The molecule has 1 atom stereocenters. The fourth-order valence-electron chi connectivity index (χ4n) is 4.73. The molecule has 5 rings (SSSR count). The number of benzene rings is 3. The molecule has 7 nitrogen and oxygen atoms in total. The third-order valence-electron chi connectivity index (χ3n) is 6.48. The summed E-state index contributed by atoms with van der Waals surface area (Å²) in [6, 6.07) is 20.8. The van der Waals surface area contributed by atoms with Crippen molar-refractivity contribution in [2.24, 2.45) is 5.92 Å². The number of aliphatic hydroxyl groups is 1. The highest BCUT2D eigenvalue weighted by Crippen LogP contribution is 2.44. The van der Waals surface area contributed by atoms with Gasteiger partial charge in [0.25, 0.3) is 11.7 Å². The molecule has 0 aliphatic carbocycles. The summed E-state index contributed by atoms with van der Waals surface area (Å²) in [7, 11) is 0. The molecule has 1 saturated heterocycles. The quantitative estimate of drug-likeness (QED) is 0.167. The Labute approximate surface area is 221 Å². The van der Waals surface area contributed by atoms with Crippen LogP contribution in [0.2, 0.25) is 0 Å². The van der Waals surface area contributed by atoms with Crippen molar-refractivity contribution in [3.8, 4) is 11.5 Å². The highest BCUT2D eigenvalue weighted by Gasteiger charge is 2.47. The third-order valence-corrected chi connectivity index (χ3v) is 6.48. The topological polar surface area (TPSA) is 91.9 Å². The van der Waals surface area contributed by atoms with Gasteiger partial charge in [-0.1, -0.05) is 38.1 Å². The van der Waals surface area contributed by atoms with Gasteiger partial charge in [-0.15, -0.1) is 0 Å². The minimum Gasteiger partial charge on any atom is -0.507 e. The minimum absolute atomic E-state index is 0.0254. The number of H-pyrrole nitrogens is 1. The van der Waals surface area contributed by atoms with E-state index in [0.29, 0.717) is 47.4 Å². The zero-order valence-electron chi connectivity index (χ0n) is 21.6. The molecule has 0 saturated carbocycles. The Kier molecular flexibility index (Phi) is 6.92. The van der Waals surface area contributed by atoms with Crippen LogP contribution in [0.5, 0.6) is 11.5 Å². The molecule has 2 N–H and O–H groups in total. The summed E-state index contributed by atoms with van der Waals surface area (Å²) in [6.45, 7) is 7.04. The number of nitrogens with zero attached hydrogens (tertiary/aromatic N) is 1. The van der Waals surface area contributed by atoms with E-state index in [-0.39, 0.29) is 11.3 Å². The maximum Gasteiger partial charge on any atom is 0.300 e. The van der Waals surface area contributed by atoms with Crippen LogP contribution in [-0.2, 0) is 9.59 Å². The van der Waals surface area contributed by atoms with Crippen molar-refractivity contribution in [2.75, 3.05) is 18.1 Å². The van der Waals surface area contributed by atoms with Crippen molar-refractivity contribution in [1.82, 2.24) is 4.98 Å². The zero-order chi connectivity index (χ0) is 26.8. The number of hydrogen-bond acceptors (Lipinski definition) is 5. The van der Waals surface area contributed by atoms with Gasteiger partial charge in [0, 0.05) is 40.0 Å². The molecule has 1 amide bonds. The molecule has 0 spiro atoms. The molecule has 0 radical (unpaired) electrons. The second kappa shape index (κ2) is 10.5. The van der Waals surface area contributed by atoms with E-state index < -0.39 is 17.7 Å². The summed E-state index contributed by atoms with van der Waals surface area (Å²) < 4.78 is 11.4. The number of ketones is 1. The fraction of sp³-hybridized carbons (Fsp3) is 0.226. The molecule has 4 aromatic rings. The number of carbonyl (C=O) groups is 2. The van der Waals surface area contributed by atoms with Gasteiger partial charge in [-0.05, 0) is 55.3 Å². The maximum absolute atomic E-state index is 13.5. The van der Waals surface area contributed by atoms with Crippen molar-refractivity contribution in [1.29, 1.82) is 0 Å². The molecule has 7 heteroatoms. The van der Waals surface area contributed by atoms with E-state index in [4.69, 9.17) is 9.47 Å². The summed E-state index contributed by atoms with van der Waals surface area (Å²) in [5.41, 5.74) is 2.53. The molecular weight excluding hydrogens is 480 g/mol. The highest BCUT2D eigenvalue weighted by molar-refractivity contribution is 6.51. The van der Waals surface area contributed by atoms with E-state index in [1.807, 2.05) is 31.2 Å². The number of amides is 1. The Balaban J connectivity index is 1.65. The second-order valence-corrected chi connectivity index (χ2v) is 9.62. The number of Topliss-reactive ketones (excluding diaryl/α,β-unsaturated/α-hetero) is 1. The predicted molar refractivity (Wildman–Crippen MR) is 147 cm³/mol. The predicted octanol–water partition coefficient (Wildman–Crippen LogP) is 6.23. The molecule has 38 heavy (non-hydrogen) atoms. The number of aliphatic hydroxyl groups excluding tert-OH is 1. The number of ether oxygens (including phenoxy) is 2. The minimum atomic E-state index is -0.847. The first-order valence-electron chi connectivity index (χ1n) is 12.7. The Bertz CT molecular complexity index is 1520. The molecule has 3 aromatic carbocycles. The summed E-state index contributed by atoms with van der Waals surface area (Å²) in [6.07, 6.45) is 1.79. The fourth-order valence-corrected chi connectivity index (χ4v) is 4.73. The van der Waals surface area contributed by atoms with Gasteiger partial charge in [-0.2, -0.15) is 0 Å². The maximum atomic E-state index is 13.5. The van der Waals surface area contributed by atoms with Gasteiger partial charge in [0.1, 0.15) is 17.3 Å². The summed E-state index contributed by atoms with van der Waals surface area (Å²) in [5.74, 6) is -0.0840. The molecule has 194 valence electrons. The highest BCUT2D eigenvalue weighted by atomic mass is 16.5. The number of aromatic amines is 1. The normalized spacial score (nSPS) is 16.9. The molecule has 1 fully saturated rings. The number of fused-ring (bicyclic) bond motifs is 1. The van der Waals surface area contributed by atoms with E-state index in [0.717, 1.165) is 10.9 Å². The molecule has 1 aliphatic rings. The summed E-state index contributed by atoms with van der Waals surface area (Å²) in [4.78, 5) is 31.7. The van der Waals surface area contributed by atoms with E-state index in [9.17, 15) is 14.7 Å². The first-order valence-corrected chi connectivity index (χ1v) is 12.7. The number of para-hydroxylation sites is 1. The van der Waals surface area contributed by atoms with Crippen LogP contribution < -0.4 is 14.4 Å². The van der Waals surface area contributed by atoms with Crippen LogP contribution in [0.1, 0.15) is 37.9 Å². The standard InChI is InChI=1S/C31H30N2O5/c1-4-37-23-9-7-8-21(16-23)33-28(25-17-32-26-11-6-5-10-24(25)26)27(30(35)31(33)36)29(34)20-12-14-22(15-13-20)38-18-19(2)3/h5-17,19,28,32,34H,4,18H2,1-3H3/b29-27+. The first-order chi connectivity index (χ1) is 18.4. The Morgan fingerprint density at radius 2 is 1.74 bits per heavy atom. The van der Waals surface area contributed by atoms with Crippen molar-refractivity contribution in [2.45, 2.75) is 26.8 Å². The molecular formula is C31H30N2O5. The molecule has 0 bridgehead atoms. The average molecular weight is 511 g/mol. The lowest BCUT2D eigenvalue weighted by atomic mass is 9.94. The number of carbonyl (C=O) groups excluding carboxylic acids is 2. The molecule has 1 unspecified atom stereocenters. The van der Waals surface area contributed by atoms with Crippen LogP contribution in [0.25, 0.3) is 16.7 Å². The lowest BCUT2D eigenvalue weighted by Gasteiger charge is -2.25. The number of anilines is 1. The molecule has 2 heterocycles. The zero-order valence-corrected chi connectivity index (χ0v) is 21.6. The van der Waals surface area contributed by atoms with Gasteiger partial charge in [-0.25, -0.2) is 0 Å². The average Bonchev–Trinajstić information content (AvgIpc) is 3.46. The lowest BCUT2D eigenvalue weighted by Crippen LogP contribution is -2.29. The summed E-state index contributed by atoms with van der Waals surface area (Å²) >= 11 is 0. The van der Waals surface area contributed by atoms with Gasteiger partial charge in [0.2, 0.25) is 0 Å². The Morgan fingerprint density at radius 1 is 0.974 bits per heavy atom. The number of hydrogen-bond donors (Lipinski definition) is 2. The van der Waals surface area contributed by atoms with Crippen LogP contribution in [0.15, 0.2) is 84.6 Å². The monoisotopic (exact) mass is 510 g/mol. The van der Waals surface area contributed by atoms with Crippen molar-refractivity contribution in [3.05, 3.63) is 95.7 Å². The van der Waals surface area contributed by atoms with E-state index in [1.54, 1.807) is 54.7 Å². The van der Waals surface area contributed by atoms with Gasteiger partial charge < -0.3 is 19.6 Å². The van der Waals surface area contributed by atoms with Crippen molar-refractivity contribution >= 4 is 34.0 Å². The van der Waals surface area contributed by atoms with Gasteiger partial charge in [-0.3, -0.25) is 14.5 Å². The molecule has 1 aromatic heterocycles. The third kappa shape index (κ3) is 4.63. The largest absolute Gasteiger partial charge is 0.507 e. The first kappa shape index (κ1) is 25.1. The summed E-state index contributed by atoms with van der Waals surface area (Å²) in [5, 5.41) is 12.3. The van der Waals surface area contributed by atoms with Crippen LogP contribution >= 0.6 is 0 Å². The smallest absolute Gasteiger partial charge is 0.300 e. The Hall–Kier alpha value is -4.52. The SMILES string of the molecule is CCOc1cccc(N2C(=O)C(=O)/C(=C(/O)c3ccc(OCC(C)C)cc3)C2c2c[nH]c3ccccc23)c1. The van der Waals surface area contributed by atoms with E-state index >= 15 is 0 Å². The number of nitrogens with one attached hydrogen (secondary N) is 1. The van der Waals surface area contributed by atoms with Crippen LogP contribution in [-0.4, -0.2) is 35.0 Å². The van der Waals surface area contributed by atoms with Crippen molar-refractivity contribution < 1.29 is 24.2 Å². The van der Waals surface area contributed by atoms with Crippen LogP contribution in [0, 0.1) is 5.92 Å². The van der Waals surface area contributed by atoms with Gasteiger partial charge in [0.15, 0.2) is 0 Å². The number of rotatable bonds is 8. The van der Waals surface area contributed by atoms with E-state index in [1.165, 1.54) is 4.90 Å². The lowest BCUT2D eigenvalue weighted by molar-refractivity contribution is -0.132. The van der Waals surface area contributed by atoms with Crippen molar-refractivity contribution in [3.63, 3.8) is 0 Å². The van der Waals surface area contributed by atoms with E-state index in [2.05, 4.69) is 18.8 Å².